The summed E-state index contributed by atoms with van der Waals surface area (Å²) in [6.07, 6.45) is 0. The SMILES string of the molecule is c1ccc(-c2cc(-c3ccc(-c4cccc5c4oc4ccccc45)cc3)nc3c2ccc2sc4ccc5ccccc5c4c23)cc1. The Morgan fingerprint density at radius 3 is 2.04 bits per heavy atom. The van der Waals surface area contributed by atoms with Gasteiger partial charge in [0.05, 0.1) is 11.2 Å². The molecule has 0 saturated heterocycles. The number of pyridine rings is 1. The highest BCUT2D eigenvalue weighted by Gasteiger charge is 2.18. The summed E-state index contributed by atoms with van der Waals surface area (Å²) in [5.41, 5.74) is 9.53. The highest BCUT2D eigenvalue weighted by molar-refractivity contribution is 7.26. The van der Waals surface area contributed by atoms with Gasteiger partial charge in [-0.3, -0.25) is 0 Å². The molecule has 0 spiro atoms. The summed E-state index contributed by atoms with van der Waals surface area (Å²) >= 11 is 1.85. The van der Waals surface area contributed by atoms with Gasteiger partial charge in [-0.25, -0.2) is 4.98 Å². The van der Waals surface area contributed by atoms with Crippen LogP contribution in [0, 0.1) is 0 Å². The Morgan fingerprint density at radius 1 is 0.457 bits per heavy atom. The molecule has 0 fully saturated rings. The Balaban J connectivity index is 1.21. The van der Waals surface area contributed by atoms with E-state index in [1.807, 2.05) is 23.5 Å². The number of rotatable bonds is 3. The molecule has 0 amide bonds. The first-order chi connectivity index (χ1) is 22.8. The Labute approximate surface area is 268 Å². The van der Waals surface area contributed by atoms with E-state index in [2.05, 4.69) is 140 Å². The minimum Gasteiger partial charge on any atom is -0.455 e. The number of para-hydroxylation sites is 2. The molecular weight excluding hydrogens is 579 g/mol. The molecule has 3 heterocycles. The van der Waals surface area contributed by atoms with Crippen molar-refractivity contribution >= 4 is 75.1 Å². The van der Waals surface area contributed by atoms with Gasteiger partial charge in [-0.1, -0.05) is 127 Å². The fourth-order valence-electron chi connectivity index (χ4n) is 7.11. The number of nitrogens with zero attached hydrogens (tertiary/aromatic N) is 1. The van der Waals surface area contributed by atoms with Crippen molar-refractivity contribution in [1.82, 2.24) is 4.98 Å². The monoisotopic (exact) mass is 603 g/mol. The summed E-state index contributed by atoms with van der Waals surface area (Å²) < 4.78 is 8.90. The average Bonchev–Trinajstić information content (AvgIpc) is 3.71. The van der Waals surface area contributed by atoms with Crippen LogP contribution in [0.3, 0.4) is 0 Å². The van der Waals surface area contributed by atoms with Crippen LogP contribution in [0.15, 0.2) is 156 Å². The van der Waals surface area contributed by atoms with Crippen LogP contribution in [0.5, 0.6) is 0 Å². The predicted molar refractivity (Wildman–Crippen MR) is 196 cm³/mol. The summed E-state index contributed by atoms with van der Waals surface area (Å²) in [5.74, 6) is 0. The molecule has 46 heavy (non-hydrogen) atoms. The van der Waals surface area contributed by atoms with E-state index >= 15 is 0 Å². The molecule has 0 N–H and O–H groups in total. The predicted octanol–water partition coefficient (Wildman–Crippen LogP) is 12.7. The average molecular weight is 604 g/mol. The van der Waals surface area contributed by atoms with E-state index < -0.39 is 0 Å². The first-order valence-electron chi connectivity index (χ1n) is 15.5. The highest BCUT2D eigenvalue weighted by atomic mass is 32.1. The van der Waals surface area contributed by atoms with Crippen molar-refractivity contribution < 1.29 is 4.42 Å². The molecule has 0 saturated carbocycles. The second-order valence-corrected chi connectivity index (χ2v) is 13.0. The van der Waals surface area contributed by atoms with Crippen molar-refractivity contribution in [2.45, 2.75) is 0 Å². The first-order valence-corrected chi connectivity index (χ1v) is 16.4. The number of furan rings is 1. The van der Waals surface area contributed by atoms with Crippen LogP contribution in [-0.4, -0.2) is 4.98 Å². The molecule has 0 aliphatic carbocycles. The second-order valence-electron chi connectivity index (χ2n) is 11.9. The Bertz CT molecular complexity index is 2790. The van der Waals surface area contributed by atoms with Crippen molar-refractivity contribution in [2.24, 2.45) is 0 Å². The van der Waals surface area contributed by atoms with Crippen molar-refractivity contribution in [3.63, 3.8) is 0 Å². The summed E-state index contributed by atoms with van der Waals surface area (Å²) in [4.78, 5) is 5.46. The molecule has 214 valence electrons. The number of benzene rings is 7. The minimum absolute atomic E-state index is 0.912. The van der Waals surface area contributed by atoms with Crippen LogP contribution in [-0.2, 0) is 0 Å². The molecule has 3 aromatic heterocycles. The van der Waals surface area contributed by atoms with Gasteiger partial charge in [0.15, 0.2) is 0 Å². The second kappa shape index (κ2) is 9.87. The normalized spacial score (nSPS) is 11.9. The van der Waals surface area contributed by atoms with Crippen molar-refractivity contribution in [3.05, 3.63) is 152 Å². The fraction of sp³-hybridized carbons (Fsp3) is 0. The molecular formula is C43H25NOS. The van der Waals surface area contributed by atoms with Gasteiger partial charge in [0, 0.05) is 47.5 Å². The lowest BCUT2D eigenvalue weighted by atomic mass is 9.95. The van der Waals surface area contributed by atoms with Gasteiger partial charge < -0.3 is 4.42 Å². The van der Waals surface area contributed by atoms with Gasteiger partial charge in [-0.15, -0.1) is 11.3 Å². The molecule has 0 aliphatic rings. The topological polar surface area (TPSA) is 26.0 Å². The van der Waals surface area contributed by atoms with Gasteiger partial charge in [-0.2, -0.15) is 0 Å². The largest absolute Gasteiger partial charge is 0.455 e. The van der Waals surface area contributed by atoms with E-state index in [1.54, 1.807) is 0 Å². The third-order valence-corrected chi connectivity index (χ3v) is 10.4. The van der Waals surface area contributed by atoms with E-state index in [0.717, 1.165) is 49.8 Å². The molecule has 0 bridgehead atoms. The first kappa shape index (κ1) is 25.5. The maximum Gasteiger partial charge on any atom is 0.143 e. The van der Waals surface area contributed by atoms with E-state index in [9.17, 15) is 0 Å². The van der Waals surface area contributed by atoms with Crippen LogP contribution in [0.25, 0.3) is 97.3 Å². The van der Waals surface area contributed by atoms with Crippen molar-refractivity contribution in [3.8, 4) is 33.5 Å². The number of thiophene rings is 1. The maximum absolute atomic E-state index is 6.35. The Kier molecular flexibility index (Phi) is 5.48. The zero-order valence-corrected chi connectivity index (χ0v) is 25.5. The molecule has 0 unspecified atom stereocenters. The number of hydrogen-bond donors (Lipinski definition) is 0. The zero-order chi connectivity index (χ0) is 30.2. The van der Waals surface area contributed by atoms with Crippen LogP contribution >= 0.6 is 11.3 Å². The standard InChI is InChI=1S/C43H25NOS/c1-2-9-26(10-3-1)35-25-36(29-19-17-28(18-20-29)31-14-8-15-34-32-13-6-7-16-37(32)45-43(31)34)44-42-33(35)22-24-39-41(42)40-30-12-5-4-11-27(30)21-23-38(40)46-39/h1-25H. The molecule has 0 atom stereocenters. The zero-order valence-electron chi connectivity index (χ0n) is 24.7. The van der Waals surface area contributed by atoms with Crippen molar-refractivity contribution in [1.29, 1.82) is 0 Å². The lowest BCUT2D eigenvalue weighted by Gasteiger charge is -2.12. The van der Waals surface area contributed by atoms with Crippen molar-refractivity contribution in [2.75, 3.05) is 0 Å². The van der Waals surface area contributed by atoms with Gasteiger partial charge in [-0.05, 0) is 51.7 Å². The number of fused-ring (bicyclic) bond motifs is 10. The Morgan fingerprint density at radius 2 is 1.15 bits per heavy atom. The van der Waals surface area contributed by atoms with E-state index in [0.29, 0.717) is 0 Å². The number of aromatic nitrogens is 1. The Hall–Kier alpha value is -5.77. The molecule has 0 radical (unpaired) electrons. The van der Waals surface area contributed by atoms with Gasteiger partial charge in [0.2, 0.25) is 0 Å². The summed E-state index contributed by atoms with van der Waals surface area (Å²) in [6.45, 7) is 0. The molecule has 3 heteroatoms. The van der Waals surface area contributed by atoms with Gasteiger partial charge >= 0.3 is 0 Å². The van der Waals surface area contributed by atoms with Crippen LogP contribution in [0.4, 0.5) is 0 Å². The molecule has 10 rings (SSSR count). The number of hydrogen-bond acceptors (Lipinski definition) is 3. The molecule has 10 aromatic rings. The quantitative estimate of drug-likeness (QED) is 0.201. The fourth-order valence-corrected chi connectivity index (χ4v) is 8.24. The van der Waals surface area contributed by atoms with Crippen LogP contribution in [0.1, 0.15) is 0 Å². The third-order valence-electron chi connectivity index (χ3n) is 9.28. The van der Waals surface area contributed by atoms with E-state index in [4.69, 9.17) is 9.40 Å². The lowest BCUT2D eigenvalue weighted by molar-refractivity contribution is 0.670. The molecule has 0 aliphatic heterocycles. The highest BCUT2D eigenvalue weighted by Crippen LogP contribution is 2.44. The summed E-state index contributed by atoms with van der Waals surface area (Å²) in [6, 6.07) is 54.1. The van der Waals surface area contributed by atoms with E-state index in [-0.39, 0.29) is 0 Å². The van der Waals surface area contributed by atoms with Gasteiger partial charge in [0.25, 0.3) is 0 Å². The summed E-state index contributed by atoms with van der Waals surface area (Å²) in [7, 11) is 0. The van der Waals surface area contributed by atoms with Gasteiger partial charge in [0.1, 0.15) is 11.2 Å². The summed E-state index contributed by atoms with van der Waals surface area (Å²) in [5, 5.41) is 8.51. The van der Waals surface area contributed by atoms with E-state index in [1.165, 1.54) is 47.5 Å². The smallest absolute Gasteiger partial charge is 0.143 e. The van der Waals surface area contributed by atoms with Crippen LogP contribution < -0.4 is 0 Å². The van der Waals surface area contributed by atoms with Crippen LogP contribution in [0.2, 0.25) is 0 Å². The minimum atomic E-state index is 0.912. The third kappa shape index (κ3) is 3.79. The lowest BCUT2D eigenvalue weighted by Crippen LogP contribution is -1.91. The molecule has 7 aromatic carbocycles. The maximum atomic E-state index is 6.35. The molecule has 2 nitrogen and oxygen atoms in total.